The van der Waals surface area contributed by atoms with Crippen molar-refractivity contribution < 1.29 is 21.5 Å². The van der Waals surface area contributed by atoms with Crippen LogP contribution in [0.4, 0.5) is 0 Å². The number of nitrogens with zero attached hydrogens (tertiary/aromatic N) is 2. The van der Waals surface area contributed by atoms with Crippen LogP contribution in [0.15, 0.2) is 134 Å². The Bertz CT molecular complexity index is 1870. The molecule has 1 atom stereocenters. The van der Waals surface area contributed by atoms with E-state index < -0.39 is 19.2 Å². The Balaban J connectivity index is 0.000000211. The summed E-state index contributed by atoms with van der Waals surface area (Å²) in [6, 6.07) is 47.2. The molecule has 1 radical (unpaired) electrons. The normalized spacial score (nSPS) is 12.6. The van der Waals surface area contributed by atoms with Crippen molar-refractivity contribution in [3.63, 3.8) is 0 Å². The molecular formula is C42H42GeIrN2-2. The maximum atomic E-state index is 8.73. The van der Waals surface area contributed by atoms with Crippen molar-refractivity contribution in [2.24, 2.45) is 0 Å². The van der Waals surface area contributed by atoms with Crippen molar-refractivity contribution >= 4 is 17.7 Å². The summed E-state index contributed by atoms with van der Waals surface area (Å²) < 4.78 is 10.2. The minimum Gasteiger partial charge on any atom is -0.305 e. The first kappa shape index (κ1) is 33.7. The Labute approximate surface area is 293 Å². The van der Waals surface area contributed by atoms with E-state index in [0.29, 0.717) is 5.92 Å². The van der Waals surface area contributed by atoms with E-state index >= 15 is 0 Å². The van der Waals surface area contributed by atoms with E-state index in [4.69, 9.17) is 6.35 Å². The van der Waals surface area contributed by atoms with Crippen LogP contribution in [0, 0.1) is 12.1 Å². The molecule has 0 aliphatic carbocycles. The van der Waals surface area contributed by atoms with Gasteiger partial charge in [-0.25, -0.2) is 0 Å². The molecule has 0 spiro atoms. The van der Waals surface area contributed by atoms with Gasteiger partial charge in [0.1, 0.15) is 0 Å². The quantitative estimate of drug-likeness (QED) is 0.118. The molecule has 2 aromatic heterocycles. The molecule has 6 aromatic rings. The molecule has 0 amide bonds. The second-order valence-electron chi connectivity index (χ2n) is 12.6. The first-order valence-corrected chi connectivity index (χ1v) is 23.0. The molecule has 0 aliphatic rings. The summed E-state index contributed by atoms with van der Waals surface area (Å²) in [5, 5.41) is 0. The number of aromatic nitrogens is 2. The minimum atomic E-state index is -1.93. The SMILES string of the molecule is CC(C)c1cc(-c2[c-]ccc(-c3ccccc3)c2)nc[c]1[Ge]([CH3])([CH3])[CH3].[2H]C(C)(c1ccccc1)c1ccnc(-c2[c-]cccc2)c1.[Ir]. The van der Waals surface area contributed by atoms with Gasteiger partial charge in [0.2, 0.25) is 0 Å². The van der Waals surface area contributed by atoms with Crippen LogP contribution < -0.4 is 4.40 Å². The fourth-order valence-electron chi connectivity index (χ4n) is 5.37. The van der Waals surface area contributed by atoms with E-state index in [1.54, 1.807) is 6.20 Å². The van der Waals surface area contributed by atoms with Crippen molar-refractivity contribution in [1.82, 2.24) is 9.97 Å². The largest absolute Gasteiger partial charge is 0.305 e. The summed E-state index contributed by atoms with van der Waals surface area (Å²) in [6.45, 7) is 6.47. The molecule has 0 saturated heterocycles. The Morgan fingerprint density at radius 3 is 1.93 bits per heavy atom. The summed E-state index contributed by atoms with van der Waals surface area (Å²) in [7, 11) is 0. The van der Waals surface area contributed by atoms with E-state index in [9.17, 15) is 0 Å². The maximum absolute atomic E-state index is 8.73. The standard InChI is InChI=1S/C23H26GeN.C19H16N.Ir/c1-17(2)21-15-23(25-16-22(21)24(3,4)5)20-13-9-12-19(14-20)18-10-7-6-8-11-18;1-15(16-8-4-2-5-9-16)18-12-13-20-19(14-18)17-10-6-3-7-11-17;/h6-12,14-17H,1-5H3;2-10,12-15H,1H3;/q2*-1;/i;15D;. The average Bonchev–Trinajstić information content (AvgIpc) is 3.09. The molecule has 2 nitrogen and oxygen atoms in total. The van der Waals surface area contributed by atoms with Gasteiger partial charge in [-0.1, -0.05) is 43.3 Å². The van der Waals surface area contributed by atoms with E-state index in [1.807, 2.05) is 85.8 Å². The van der Waals surface area contributed by atoms with Crippen LogP contribution in [0.2, 0.25) is 17.3 Å². The summed E-state index contributed by atoms with van der Waals surface area (Å²) in [5.41, 5.74) is 9.67. The Morgan fingerprint density at radius 1 is 0.630 bits per heavy atom. The molecule has 235 valence electrons. The van der Waals surface area contributed by atoms with Crippen molar-refractivity contribution in [3.8, 4) is 33.6 Å². The van der Waals surface area contributed by atoms with Gasteiger partial charge in [0.15, 0.2) is 0 Å². The Kier molecular flexibility index (Phi) is 11.9. The third-order valence-electron chi connectivity index (χ3n) is 7.94. The summed E-state index contributed by atoms with van der Waals surface area (Å²) >= 11 is -1.93. The van der Waals surface area contributed by atoms with Crippen LogP contribution in [-0.4, -0.2) is 23.2 Å². The summed E-state index contributed by atoms with van der Waals surface area (Å²) in [4.78, 5) is 9.21. The number of rotatable bonds is 7. The van der Waals surface area contributed by atoms with Crippen LogP contribution in [-0.2, 0) is 20.1 Å². The molecule has 1 unspecified atom stereocenters. The fraction of sp³-hybridized carbons (Fsp3) is 0.190. The van der Waals surface area contributed by atoms with Gasteiger partial charge < -0.3 is 4.98 Å². The first-order valence-electron chi connectivity index (χ1n) is 16.1. The predicted octanol–water partition coefficient (Wildman–Crippen LogP) is 10.6. The average molecular weight is 841 g/mol. The number of hydrogen-bond donors (Lipinski definition) is 0. The van der Waals surface area contributed by atoms with Gasteiger partial charge in [0, 0.05) is 33.6 Å². The van der Waals surface area contributed by atoms with Crippen LogP contribution >= 0.6 is 0 Å². The Morgan fingerprint density at radius 2 is 1.28 bits per heavy atom. The van der Waals surface area contributed by atoms with E-state index in [1.165, 1.54) is 21.1 Å². The van der Waals surface area contributed by atoms with Gasteiger partial charge in [-0.3, -0.25) is 0 Å². The second-order valence-corrected chi connectivity index (χ2v) is 23.2. The van der Waals surface area contributed by atoms with Crippen molar-refractivity contribution in [2.45, 2.75) is 49.9 Å². The first-order chi connectivity index (χ1) is 22.0. The summed E-state index contributed by atoms with van der Waals surface area (Å²) in [5.74, 6) is 7.02. The molecule has 4 aromatic carbocycles. The molecule has 4 heteroatoms. The molecule has 46 heavy (non-hydrogen) atoms. The van der Waals surface area contributed by atoms with Gasteiger partial charge in [-0.15, -0.1) is 35.9 Å². The zero-order chi connectivity index (χ0) is 32.7. The molecule has 0 N–H and O–H groups in total. The fourth-order valence-corrected chi connectivity index (χ4v) is 8.89. The number of pyridine rings is 2. The van der Waals surface area contributed by atoms with Crippen molar-refractivity contribution in [3.05, 3.63) is 163 Å². The van der Waals surface area contributed by atoms with E-state index in [0.717, 1.165) is 33.6 Å². The molecule has 0 bridgehead atoms. The predicted molar refractivity (Wildman–Crippen MR) is 193 cm³/mol. The topological polar surface area (TPSA) is 25.8 Å². The van der Waals surface area contributed by atoms with E-state index in [2.05, 4.69) is 96.9 Å². The zero-order valence-electron chi connectivity index (χ0n) is 28.5. The molecule has 0 aliphatic heterocycles. The molecule has 2 heterocycles. The van der Waals surface area contributed by atoms with Crippen molar-refractivity contribution in [2.75, 3.05) is 0 Å². The van der Waals surface area contributed by atoms with Gasteiger partial charge in [-0.05, 0) is 22.9 Å². The third kappa shape index (κ3) is 9.00. The summed E-state index contributed by atoms with van der Waals surface area (Å²) in [6.07, 6.45) is 3.90. The smallest absolute Gasteiger partial charge is 0.0399 e. The van der Waals surface area contributed by atoms with Crippen molar-refractivity contribution in [1.29, 1.82) is 0 Å². The number of hydrogen-bond acceptors (Lipinski definition) is 2. The van der Waals surface area contributed by atoms with Crippen LogP contribution in [0.1, 0.15) is 50.6 Å². The van der Waals surface area contributed by atoms with Gasteiger partial charge in [0.05, 0.1) is 0 Å². The monoisotopic (exact) mass is 842 g/mol. The second kappa shape index (κ2) is 16.3. The Hall–Kier alpha value is -3.63. The zero-order valence-corrected chi connectivity index (χ0v) is 32.0. The van der Waals surface area contributed by atoms with Crippen LogP contribution in [0.25, 0.3) is 33.6 Å². The molecule has 6 rings (SSSR count). The van der Waals surface area contributed by atoms with Gasteiger partial charge >= 0.3 is 154 Å². The van der Waals surface area contributed by atoms with E-state index in [-0.39, 0.29) is 20.1 Å². The maximum Gasteiger partial charge on any atom is 0.0399 e. The molecular weight excluding hydrogens is 797 g/mol. The molecule has 0 saturated carbocycles. The number of benzene rings is 4. The molecule has 0 fully saturated rings. The third-order valence-corrected chi connectivity index (χ3v) is 12.2. The van der Waals surface area contributed by atoms with Crippen LogP contribution in [0.5, 0.6) is 0 Å². The minimum absolute atomic E-state index is 0. The van der Waals surface area contributed by atoms with Gasteiger partial charge in [-0.2, -0.15) is 0 Å². The van der Waals surface area contributed by atoms with Gasteiger partial charge in [0.25, 0.3) is 0 Å². The van der Waals surface area contributed by atoms with Crippen LogP contribution in [0.3, 0.4) is 0 Å².